The third kappa shape index (κ3) is 2.23. The van der Waals surface area contributed by atoms with Gasteiger partial charge in [0.05, 0.1) is 12.6 Å². The Kier molecular flexibility index (Phi) is 2.82. The van der Waals surface area contributed by atoms with Crippen molar-refractivity contribution in [1.82, 2.24) is 5.32 Å². The van der Waals surface area contributed by atoms with Crippen LogP contribution in [0, 0.1) is 0 Å². The molecule has 0 bridgehead atoms. The topological polar surface area (TPSA) is 38.3 Å². The molecule has 4 heteroatoms. The largest absolute Gasteiger partial charge is 0.493 e. The Bertz CT molecular complexity index is 392. The Morgan fingerprint density at radius 3 is 3.13 bits per heavy atom. The average molecular weight is 226 g/mol. The number of hydrogen-bond donors (Lipinski definition) is 1. The molecule has 1 aromatic carbocycles. The smallest absolute Gasteiger partial charge is 0.217 e. The van der Waals surface area contributed by atoms with Gasteiger partial charge in [-0.15, -0.1) is 0 Å². The van der Waals surface area contributed by atoms with E-state index in [1.54, 1.807) is 6.07 Å². The van der Waals surface area contributed by atoms with E-state index in [0.29, 0.717) is 11.6 Å². The summed E-state index contributed by atoms with van der Waals surface area (Å²) in [6, 6.07) is 5.49. The summed E-state index contributed by atoms with van der Waals surface area (Å²) in [7, 11) is 0. The van der Waals surface area contributed by atoms with Crippen molar-refractivity contribution >= 4 is 17.5 Å². The van der Waals surface area contributed by atoms with E-state index >= 15 is 0 Å². The number of benzene rings is 1. The van der Waals surface area contributed by atoms with Gasteiger partial charge in [-0.05, 0) is 18.2 Å². The van der Waals surface area contributed by atoms with Crippen molar-refractivity contribution in [2.24, 2.45) is 0 Å². The minimum Gasteiger partial charge on any atom is -0.493 e. The Balaban J connectivity index is 2.32. The zero-order chi connectivity index (χ0) is 10.8. The highest BCUT2D eigenvalue weighted by molar-refractivity contribution is 6.30. The summed E-state index contributed by atoms with van der Waals surface area (Å²) in [5.74, 6) is 0.775. The van der Waals surface area contributed by atoms with Crippen molar-refractivity contribution in [3.05, 3.63) is 28.8 Å². The van der Waals surface area contributed by atoms with Gasteiger partial charge in [0.1, 0.15) is 5.75 Å². The van der Waals surface area contributed by atoms with Gasteiger partial charge in [0.15, 0.2) is 0 Å². The van der Waals surface area contributed by atoms with Crippen LogP contribution in [0.4, 0.5) is 0 Å². The second-order valence-electron chi connectivity index (χ2n) is 3.57. The molecular formula is C11H12ClNO2. The van der Waals surface area contributed by atoms with Crippen LogP contribution in [0.25, 0.3) is 0 Å². The molecule has 0 spiro atoms. The molecule has 80 valence electrons. The molecule has 0 radical (unpaired) electrons. The van der Waals surface area contributed by atoms with Crippen LogP contribution in [0.2, 0.25) is 5.02 Å². The lowest BCUT2D eigenvalue weighted by atomic mass is 10.0. The first kappa shape index (κ1) is 10.3. The standard InChI is InChI=1S/C11H12ClNO2/c1-7(14)13-10-4-5-15-11-3-2-8(12)6-9(10)11/h2-3,6,10H,4-5H2,1H3,(H,13,14). The average Bonchev–Trinajstić information content (AvgIpc) is 2.18. The van der Waals surface area contributed by atoms with Crippen LogP contribution in [0.3, 0.4) is 0 Å². The van der Waals surface area contributed by atoms with Gasteiger partial charge < -0.3 is 10.1 Å². The molecular weight excluding hydrogens is 214 g/mol. The predicted molar refractivity (Wildman–Crippen MR) is 58.1 cm³/mol. The van der Waals surface area contributed by atoms with Gasteiger partial charge >= 0.3 is 0 Å². The first-order chi connectivity index (χ1) is 7.16. The van der Waals surface area contributed by atoms with E-state index < -0.39 is 0 Å². The number of halogens is 1. The van der Waals surface area contributed by atoms with Crippen LogP contribution < -0.4 is 10.1 Å². The molecule has 15 heavy (non-hydrogen) atoms. The predicted octanol–water partition coefficient (Wildman–Crippen LogP) is 2.30. The molecule has 3 nitrogen and oxygen atoms in total. The van der Waals surface area contributed by atoms with Crippen molar-refractivity contribution in [2.75, 3.05) is 6.61 Å². The van der Waals surface area contributed by atoms with Crippen LogP contribution in [-0.2, 0) is 4.79 Å². The van der Waals surface area contributed by atoms with Crippen molar-refractivity contribution in [3.63, 3.8) is 0 Å². The normalized spacial score (nSPS) is 18.9. The van der Waals surface area contributed by atoms with E-state index in [0.717, 1.165) is 17.7 Å². The SMILES string of the molecule is CC(=O)NC1CCOc2ccc(Cl)cc21. The van der Waals surface area contributed by atoms with Gasteiger partial charge in [0, 0.05) is 23.9 Å². The van der Waals surface area contributed by atoms with Gasteiger partial charge in [-0.3, -0.25) is 4.79 Å². The first-order valence-corrected chi connectivity index (χ1v) is 5.24. The zero-order valence-electron chi connectivity index (χ0n) is 8.42. The number of fused-ring (bicyclic) bond motifs is 1. The highest BCUT2D eigenvalue weighted by atomic mass is 35.5. The van der Waals surface area contributed by atoms with E-state index in [4.69, 9.17) is 16.3 Å². The second kappa shape index (κ2) is 4.11. The van der Waals surface area contributed by atoms with E-state index in [9.17, 15) is 4.79 Å². The summed E-state index contributed by atoms with van der Waals surface area (Å²) in [6.07, 6.45) is 0.785. The fraction of sp³-hybridized carbons (Fsp3) is 0.364. The molecule has 1 N–H and O–H groups in total. The van der Waals surface area contributed by atoms with Crippen LogP contribution in [0.15, 0.2) is 18.2 Å². The zero-order valence-corrected chi connectivity index (χ0v) is 9.17. The van der Waals surface area contributed by atoms with Gasteiger partial charge in [-0.1, -0.05) is 11.6 Å². The maximum absolute atomic E-state index is 11.0. The highest BCUT2D eigenvalue weighted by Crippen LogP contribution is 2.33. The summed E-state index contributed by atoms with van der Waals surface area (Å²) in [5.41, 5.74) is 0.962. The number of amides is 1. The number of carbonyl (C=O) groups is 1. The van der Waals surface area contributed by atoms with Crippen molar-refractivity contribution < 1.29 is 9.53 Å². The summed E-state index contributed by atoms with van der Waals surface area (Å²) < 4.78 is 5.48. The molecule has 0 aliphatic carbocycles. The molecule has 0 aromatic heterocycles. The maximum Gasteiger partial charge on any atom is 0.217 e. The minimum absolute atomic E-state index is 0.0185. The number of nitrogens with one attached hydrogen (secondary N) is 1. The van der Waals surface area contributed by atoms with Crippen LogP contribution in [-0.4, -0.2) is 12.5 Å². The second-order valence-corrected chi connectivity index (χ2v) is 4.01. The molecule has 1 amide bonds. The summed E-state index contributed by atoms with van der Waals surface area (Å²) >= 11 is 5.91. The lowest BCUT2D eigenvalue weighted by molar-refractivity contribution is -0.119. The molecule has 1 unspecified atom stereocenters. The van der Waals surface area contributed by atoms with Crippen LogP contribution >= 0.6 is 11.6 Å². The molecule has 1 aliphatic rings. The summed E-state index contributed by atoms with van der Waals surface area (Å²) in [6.45, 7) is 2.14. The van der Waals surface area contributed by atoms with E-state index in [2.05, 4.69) is 5.32 Å². The number of carbonyl (C=O) groups excluding carboxylic acids is 1. The van der Waals surface area contributed by atoms with E-state index in [-0.39, 0.29) is 11.9 Å². The summed E-state index contributed by atoms with van der Waals surface area (Å²) in [4.78, 5) is 11.0. The maximum atomic E-state index is 11.0. The summed E-state index contributed by atoms with van der Waals surface area (Å²) in [5, 5.41) is 3.55. The van der Waals surface area contributed by atoms with Crippen LogP contribution in [0.5, 0.6) is 5.75 Å². The third-order valence-corrected chi connectivity index (χ3v) is 2.62. The number of ether oxygens (including phenoxy) is 1. The van der Waals surface area contributed by atoms with Gasteiger partial charge in [-0.2, -0.15) is 0 Å². The first-order valence-electron chi connectivity index (χ1n) is 4.86. The Hall–Kier alpha value is -1.22. The Morgan fingerprint density at radius 2 is 2.40 bits per heavy atom. The van der Waals surface area contributed by atoms with Crippen molar-refractivity contribution in [2.45, 2.75) is 19.4 Å². The molecule has 1 atom stereocenters. The van der Waals surface area contributed by atoms with Gasteiger partial charge in [-0.25, -0.2) is 0 Å². The molecule has 1 aromatic rings. The Morgan fingerprint density at radius 1 is 1.60 bits per heavy atom. The van der Waals surface area contributed by atoms with E-state index in [1.807, 2.05) is 12.1 Å². The molecule has 1 heterocycles. The number of hydrogen-bond acceptors (Lipinski definition) is 2. The fourth-order valence-corrected chi connectivity index (χ4v) is 1.94. The highest BCUT2D eigenvalue weighted by Gasteiger charge is 2.22. The third-order valence-electron chi connectivity index (χ3n) is 2.39. The van der Waals surface area contributed by atoms with Crippen LogP contribution in [0.1, 0.15) is 24.9 Å². The minimum atomic E-state index is -0.0344. The number of rotatable bonds is 1. The monoisotopic (exact) mass is 225 g/mol. The lowest BCUT2D eigenvalue weighted by Gasteiger charge is -2.26. The molecule has 0 saturated heterocycles. The van der Waals surface area contributed by atoms with Crippen molar-refractivity contribution in [3.8, 4) is 5.75 Å². The van der Waals surface area contributed by atoms with Gasteiger partial charge in [0.2, 0.25) is 5.91 Å². The molecule has 2 rings (SSSR count). The molecule has 0 fully saturated rings. The van der Waals surface area contributed by atoms with Gasteiger partial charge in [0.25, 0.3) is 0 Å². The molecule has 0 saturated carbocycles. The lowest BCUT2D eigenvalue weighted by Crippen LogP contribution is -2.30. The quantitative estimate of drug-likeness (QED) is 0.797. The van der Waals surface area contributed by atoms with Crippen molar-refractivity contribution in [1.29, 1.82) is 0 Å². The fourth-order valence-electron chi connectivity index (χ4n) is 1.76. The van der Waals surface area contributed by atoms with E-state index in [1.165, 1.54) is 6.92 Å². The Labute approximate surface area is 93.4 Å². The molecule has 1 aliphatic heterocycles.